The summed E-state index contributed by atoms with van der Waals surface area (Å²) in [5.41, 5.74) is -0.838. The Hall–Kier alpha value is 0.576. The van der Waals surface area contributed by atoms with Crippen LogP contribution in [0.25, 0.3) is 0 Å². The Morgan fingerprint density at radius 1 is 1.36 bits per heavy atom. The molecule has 0 saturated heterocycles. The number of rotatable bonds is 0. The Bertz CT molecular complexity index is 209. The molecule has 0 saturated carbocycles. The Kier molecular flexibility index (Phi) is 4.80. The van der Waals surface area contributed by atoms with E-state index in [0.29, 0.717) is 0 Å². The van der Waals surface area contributed by atoms with Crippen molar-refractivity contribution in [3.63, 3.8) is 0 Å². The van der Waals surface area contributed by atoms with Crippen molar-refractivity contribution in [2.75, 3.05) is 0 Å². The molecule has 0 aromatic carbocycles. The quantitative estimate of drug-likeness (QED) is 0.369. The van der Waals surface area contributed by atoms with E-state index in [4.69, 9.17) is 0 Å². The molecule has 0 amide bonds. The average Bonchev–Trinajstić information content (AvgIpc) is 1.88. The van der Waals surface area contributed by atoms with Crippen LogP contribution < -0.4 is 51.4 Å². The smallest absolute Gasteiger partial charge is 0.394 e. The standard InChI is InChI=1S/C6H3F3N.K/c7-6(8,9)5-2-1-3-10-4-5;/h1-3H;/q-1;+1. The molecule has 0 N–H and O–H groups in total. The summed E-state index contributed by atoms with van der Waals surface area (Å²) >= 11 is 0. The van der Waals surface area contributed by atoms with Crippen LogP contribution in [0.5, 0.6) is 0 Å². The fourth-order valence-corrected chi connectivity index (χ4v) is 0.484. The number of aromatic nitrogens is 1. The number of halogens is 3. The fraction of sp³-hybridized carbons (Fsp3) is 0.167. The van der Waals surface area contributed by atoms with Crippen LogP contribution in [-0.4, -0.2) is 4.98 Å². The van der Waals surface area contributed by atoms with E-state index in [-0.39, 0.29) is 51.4 Å². The van der Waals surface area contributed by atoms with E-state index in [1.54, 1.807) is 0 Å². The minimum absolute atomic E-state index is 0. The molecule has 1 aromatic heterocycles. The Morgan fingerprint density at radius 2 is 2.00 bits per heavy atom. The largest absolute Gasteiger partial charge is 1.00 e. The zero-order chi connectivity index (χ0) is 7.61. The summed E-state index contributed by atoms with van der Waals surface area (Å²) in [7, 11) is 0. The van der Waals surface area contributed by atoms with Crippen molar-refractivity contribution >= 4 is 0 Å². The minimum atomic E-state index is -4.33. The van der Waals surface area contributed by atoms with Crippen molar-refractivity contribution in [3.8, 4) is 0 Å². The van der Waals surface area contributed by atoms with Crippen molar-refractivity contribution in [1.29, 1.82) is 0 Å². The van der Waals surface area contributed by atoms with Crippen molar-refractivity contribution in [2.24, 2.45) is 0 Å². The molecule has 11 heavy (non-hydrogen) atoms. The normalized spacial score (nSPS) is 10.5. The van der Waals surface area contributed by atoms with Crippen LogP contribution >= 0.6 is 0 Å². The van der Waals surface area contributed by atoms with E-state index in [9.17, 15) is 13.2 Å². The van der Waals surface area contributed by atoms with Crippen LogP contribution in [0.2, 0.25) is 0 Å². The number of nitrogens with zero attached hydrogens (tertiary/aromatic N) is 1. The summed E-state index contributed by atoms with van der Waals surface area (Å²) in [6.45, 7) is 0. The van der Waals surface area contributed by atoms with Crippen molar-refractivity contribution in [2.45, 2.75) is 6.18 Å². The van der Waals surface area contributed by atoms with Gasteiger partial charge in [-0.15, -0.1) is 0 Å². The zero-order valence-electron chi connectivity index (χ0n) is 5.81. The minimum Gasteiger partial charge on any atom is -0.394 e. The first-order valence-electron chi connectivity index (χ1n) is 2.50. The van der Waals surface area contributed by atoms with Gasteiger partial charge in [-0.2, -0.15) is 25.3 Å². The van der Waals surface area contributed by atoms with Gasteiger partial charge < -0.3 is 4.98 Å². The first-order valence-corrected chi connectivity index (χ1v) is 2.50. The summed E-state index contributed by atoms with van der Waals surface area (Å²) in [6.07, 6.45) is -1.25. The number of pyridine rings is 1. The van der Waals surface area contributed by atoms with Gasteiger partial charge in [0.1, 0.15) is 0 Å². The third-order valence-electron chi connectivity index (χ3n) is 0.914. The average molecular weight is 185 g/mol. The van der Waals surface area contributed by atoms with Gasteiger partial charge in [0.15, 0.2) is 0 Å². The van der Waals surface area contributed by atoms with Gasteiger partial charge in [-0.05, 0) is 5.56 Å². The predicted molar refractivity (Wildman–Crippen MR) is 28.1 cm³/mol. The van der Waals surface area contributed by atoms with Crippen molar-refractivity contribution < 1.29 is 64.6 Å². The third kappa shape index (κ3) is 3.66. The van der Waals surface area contributed by atoms with Crippen molar-refractivity contribution in [3.05, 3.63) is 30.1 Å². The van der Waals surface area contributed by atoms with Gasteiger partial charge in [-0.25, -0.2) is 0 Å². The van der Waals surface area contributed by atoms with Gasteiger partial charge in [0.25, 0.3) is 0 Å². The number of hydrogen-bond acceptors (Lipinski definition) is 1. The molecule has 54 valence electrons. The van der Waals surface area contributed by atoms with Gasteiger partial charge >= 0.3 is 57.6 Å². The van der Waals surface area contributed by atoms with Gasteiger partial charge in [-0.1, -0.05) is 12.4 Å². The maximum absolute atomic E-state index is 11.7. The molecular weight excluding hydrogens is 182 g/mol. The first-order chi connectivity index (χ1) is 4.61. The monoisotopic (exact) mass is 185 g/mol. The molecule has 0 bridgehead atoms. The molecule has 0 aliphatic rings. The van der Waals surface area contributed by atoms with Crippen LogP contribution in [0.15, 0.2) is 18.3 Å². The number of alkyl halides is 3. The van der Waals surface area contributed by atoms with E-state index in [2.05, 4.69) is 4.98 Å². The Morgan fingerprint density at radius 3 is 2.27 bits per heavy atom. The molecule has 1 aromatic rings. The molecule has 0 atom stereocenters. The van der Waals surface area contributed by atoms with E-state index in [1.165, 1.54) is 12.3 Å². The molecule has 0 aliphatic heterocycles. The molecule has 1 nitrogen and oxygen atoms in total. The van der Waals surface area contributed by atoms with Gasteiger partial charge in [0.05, 0.1) is 0 Å². The van der Waals surface area contributed by atoms with Crippen molar-refractivity contribution in [1.82, 2.24) is 4.98 Å². The predicted octanol–water partition coefficient (Wildman–Crippen LogP) is -1.10. The molecule has 0 spiro atoms. The van der Waals surface area contributed by atoms with Crippen LogP contribution in [0, 0.1) is 6.20 Å². The van der Waals surface area contributed by atoms with E-state index >= 15 is 0 Å². The van der Waals surface area contributed by atoms with Crippen LogP contribution in [0.3, 0.4) is 0 Å². The van der Waals surface area contributed by atoms with Gasteiger partial charge in [0, 0.05) is 0 Å². The topological polar surface area (TPSA) is 12.9 Å². The molecule has 1 rings (SSSR count). The molecule has 0 aliphatic carbocycles. The second-order valence-corrected chi connectivity index (χ2v) is 1.66. The number of hydrogen-bond donors (Lipinski definition) is 0. The second-order valence-electron chi connectivity index (χ2n) is 1.66. The molecule has 0 radical (unpaired) electrons. The maximum Gasteiger partial charge on any atom is 1.00 e. The molecule has 0 fully saturated rings. The maximum atomic E-state index is 11.7. The summed E-state index contributed by atoms with van der Waals surface area (Å²) in [4.78, 5) is 3.21. The van der Waals surface area contributed by atoms with Crippen LogP contribution in [-0.2, 0) is 6.18 Å². The Labute approximate surface area is 104 Å². The molecule has 1 heterocycles. The second kappa shape index (κ2) is 4.56. The van der Waals surface area contributed by atoms with Crippen LogP contribution in [0.1, 0.15) is 5.56 Å². The molecule has 5 heteroatoms. The summed E-state index contributed by atoms with van der Waals surface area (Å²) in [6, 6.07) is 2.15. The Balaban J connectivity index is 0.000001000. The summed E-state index contributed by atoms with van der Waals surface area (Å²) in [5.74, 6) is 0. The summed E-state index contributed by atoms with van der Waals surface area (Å²) in [5, 5.41) is 0. The third-order valence-corrected chi connectivity index (χ3v) is 0.914. The molecular formula is C6H3F3KN. The van der Waals surface area contributed by atoms with E-state index in [0.717, 1.165) is 6.07 Å². The first kappa shape index (κ1) is 11.6. The fourth-order valence-electron chi connectivity index (χ4n) is 0.484. The SMILES string of the molecule is FC(F)(F)c1[c-]nccc1.[K+]. The van der Waals surface area contributed by atoms with E-state index < -0.39 is 11.7 Å². The van der Waals surface area contributed by atoms with Gasteiger partial charge in [0.2, 0.25) is 0 Å². The van der Waals surface area contributed by atoms with E-state index in [1.807, 2.05) is 6.20 Å². The summed E-state index contributed by atoms with van der Waals surface area (Å²) < 4.78 is 35.1. The molecule has 0 unspecified atom stereocenters. The van der Waals surface area contributed by atoms with Gasteiger partial charge in [-0.3, -0.25) is 0 Å². The zero-order valence-corrected chi connectivity index (χ0v) is 8.94. The van der Waals surface area contributed by atoms with Crippen LogP contribution in [0.4, 0.5) is 13.2 Å².